The molecule has 2 nitrogen and oxygen atoms in total. The number of nitrogens with zero attached hydrogens (tertiary/aromatic N) is 1. The Morgan fingerprint density at radius 2 is 2.11 bits per heavy atom. The van der Waals surface area contributed by atoms with E-state index in [2.05, 4.69) is 47.7 Å². The highest BCUT2D eigenvalue weighted by molar-refractivity contribution is 7.99. The molecule has 1 aliphatic heterocycles. The van der Waals surface area contributed by atoms with Gasteiger partial charge in [-0.3, -0.25) is 0 Å². The van der Waals surface area contributed by atoms with E-state index in [1.807, 2.05) is 11.8 Å². The fourth-order valence-electron chi connectivity index (χ4n) is 2.48. The Morgan fingerprint density at radius 1 is 1.33 bits per heavy atom. The number of anilines is 1. The number of benzene rings is 1. The Morgan fingerprint density at radius 3 is 2.78 bits per heavy atom. The van der Waals surface area contributed by atoms with Crippen LogP contribution >= 0.6 is 11.8 Å². The molecule has 1 heterocycles. The lowest BCUT2D eigenvalue weighted by Crippen LogP contribution is -2.37. The molecule has 1 aromatic rings. The monoisotopic (exact) mass is 264 g/mol. The second kappa shape index (κ2) is 7.05. The molecule has 100 valence electrons. The first-order chi connectivity index (χ1) is 8.78. The Bertz CT molecular complexity index is 359. The molecule has 1 N–H and O–H groups in total. The van der Waals surface area contributed by atoms with Gasteiger partial charge in [-0.2, -0.15) is 11.8 Å². The Kier molecular flexibility index (Phi) is 5.39. The van der Waals surface area contributed by atoms with Crippen molar-refractivity contribution < 1.29 is 0 Å². The summed E-state index contributed by atoms with van der Waals surface area (Å²) >= 11 is 2.03. The maximum atomic E-state index is 3.51. The van der Waals surface area contributed by atoms with Gasteiger partial charge in [-0.05, 0) is 56.8 Å². The minimum Gasteiger partial charge on any atom is -0.384 e. The lowest BCUT2D eigenvalue weighted by molar-refractivity contribution is 0.241. The molecule has 0 atom stereocenters. The molecule has 1 fully saturated rings. The SMILES string of the molecule is CSC1CCN(CCNc2cccc(C)c2)CC1. The van der Waals surface area contributed by atoms with Crippen LogP contribution in [0.4, 0.5) is 5.69 Å². The number of aryl methyl sites for hydroxylation is 1. The summed E-state index contributed by atoms with van der Waals surface area (Å²) < 4.78 is 0. The van der Waals surface area contributed by atoms with Gasteiger partial charge in [0.25, 0.3) is 0 Å². The smallest absolute Gasteiger partial charge is 0.0343 e. The van der Waals surface area contributed by atoms with Gasteiger partial charge in [0.05, 0.1) is 0 Å². The van der Waals surface area contributed by atoms with Crippen LogP contribution in [-0.2, 0) is 0 Å². The van der Waals surface area contributed by atoms with E-state index in [0.29, 0.717) is 0 Å². The average molecular weight is 264 g/mol. The molecule has 0 bridgehead atoms. The summed E-state index contributed by atoms with van der Waals surface area (Å²) in [4.78, 5) is 2.58. The zero-order chi connectivity index (χ0) is 12.8. The van der Waals surface area contributed by atoms with E-state index < -0.39 is 0 Å². The Labute approximate surface area is 115 Å². The third-order valence-electron chi connectivity index (χ3n) is 3.64. The number of likely N-dealkylation sites (tertiary alicyclic amines) is 1. The van der Waals surface area contributed by atoms with Crippen LogP contribution < -0.4 is 5.32 Å². The quantitative estimate of drug-likeness (QED) is 0.879. The standard InChI is InChI=1S/C15H24N2S/c1-13-4-3-5-14(12-13)16-8-11-17-9-6-15(18-2)7-10-17/h3-5,12,15-16H,6-11H2,1-2H3. The normalized spacial score (nSPS) is 17.9. The van der Waals surface area contributed by atoms with E-state index in [-0.39, 0.29) is 0 Å². The van der Waals surface area contributed by atoms with Gasteiger partial charge in [0, 0.05) is 24.0 Å². The molecule has 1 saturated heterocycles. The zero-order valence-corrected chi connectivity index (χ0v) is 12.3. The molecule has 0 aliphatic carbocycles. The first-order valence-corrected chi connectivity index (χ1v) is 8.12. The topological polar surface area (TPSA) is 15.3 Å². The molecule has 18 heavy (non-hydrogen) atoms. The van der Waals surface area contributed by atoms with Gasteiger partial charge in [0.15, 0.2) is 0 Å². The number of nitrogens with one attached hydrogen (secondary N) is 1. The van der Waals surface area contributed by atoms with Crippen molar-refractivity contribution in [2.45, 2.75) is 25.0 Å². The molecule has 1 aromatic carbocycles. The van der Waals surface area contributed by atoms with Crippen LogP contribution in [0.5, 0.6) is 0 Å². The second-order valence-corrected chi connectivity index (χ2v) is 6.21. The van der Waals surface area contributed by atoms with E-state index >= 15 is 0 Å². The summed E-state index contributed by atoms with van der Waals surface area (Å²) in [6.07, 6.45) is 4.94. The number of thioether (sulfide) groups is 1. The molecule has 0 saturated carbocycles. The van der Waals surface area contributed by atoms with Gasteiger partial charge in [-0.25, -0.2) is 0 Å². The van der Waals surface area contributed by atoms with Crippen molar-refractivity contribution in [1.82, 2.24) is 4.90 Å². The molecule has 0 radical (unpaired) electrons. The van der Waals surface area contributed by atoms with Crippen molar-refractivity contribution in [3.8, 4) is 0 Å². The van der Waals surface area contributed by atoms with Gasteiger partial charge in [0.2, 0.25) is 0 Å². The van der Waals surface area contributed by atoms with Crippen LogP contribution in [0.2, 0.25) is 0 Å². The van der Waals surface area contributed by atoms with Crippen molar-refractivity contribution >= 4 is 17.4 Å². The molecule has 2 rings (SSSR count). The van der Waals surface area contributed by atoms with Crippen molar-refractivity contribution in [1.29, 1.82) is 0 Å². The first kappa shape index (κ1) is 13.8. The number of rotatable bonds is 5. The third-order valence-corrected chi connectivity index (χ3v) is 4.78. The maximum Gasteiger partial charge on any atom is 0.0343 e. The summed E-state index contributed by atoms with van der Waals surface area (Å²) in [5.41, 5.74) is 2.56. The minimum absolute atomic E-state index is 0.894. The summed E-state index contributed by atoms with van der Waals surface area (Å²) in [5, 5.41) is 4.41. The van der Waals surface area contributed by atoms with Crippen LogP contribution in [0.3, 0.4) is 0 Å². The highest BCUT2D eigenvalue weighted by atomic mass is 32.2. The van der Waals surface area contributed by atoms with Gasteiger partial charge in [-0.15, -0.1) is 0 Å². The number of piperidine rings is 1. The molecule has 0 amide bonds. The van der Waals surface area contributed by atoms with Crippen molar-refractivity contribution in [3.63, 3.8) is 0 Å². The first-order valence-electron chi connectivity index (χ1n) is 6.83. The molecule has 3 heteroatoms. The van der Waals surface area contributed by atoms with Crippen LogP contribution in [-0.4, -0.2) is 42.6 Å². The van der Waals surface area contributed by atoms with Gasteiger partial charge in [0.1, 0.15) is 0 Å². The predicted octanol–water partition coefficient (Wildman–Crippen LogP) is 3.23. The highest BCUT2D eigenvalue weighted by Crippen LogP contribution is 2.20. The van der Waals surface area contributed by atoms with Gasteiger partial charge < -0.3 is 10.2 Å². The van der Waals surface area contributed by atoms with Crippen molar-refractivity contribution in [3.05, 3.63) is 29.8 Å². The van der Waals surface area contributed by atoms with E-state index in [4.69, 9.17) is 0 Å². The Hall–Kier alpha value is -0.670. The second-order valence-electron chi connectivity index (χ2n) is 5.07. The molecule has 1 aliphatic rings. The van der Waals surface area contributed by atoms with Crippen LogP contribution in [0, 0.1) is 6.92 Å². The molecule has 0 aromatic heterocycles. The van der Waals surface area contributed by atoms with Crippen LogP contribution in [0.1, 0.15) is 18.4 Å². The third kappa shape index (κ3) is 4.21. The van der Waals surface area contributed by atoms with E-state index in [1.54, 1.807) is 0 Å². The number of hydrogen-bond donors (Lipinski definition) is 1. The lowest BCUT2D eigenvalue weighted by Gasteiger charge is -2.31. The fourth-order valence-corrected chi connectivity index (χ4v) is 3.16. The molecule has 0 spiro atoms. The van der Waals surface area contributed by atoms with Crippen LogP contribution in [0.25, 0.3) is 0 Å². The summed E-state index contributed by atoms with van der Waals surface area (Å²) in [7, 11) is 0. The molecule has 0 unspecified atom stereocenters. The van der Waals surface area contributed by atoms with Gasteiger partial charge >= 0.3 is 0 Å². The highest BCUT2D eigenvalue weighted by Gasteiger charge is 2.17. The molecular weight excluding hydrogens is 240 g/mol. The summed E-state index contributed by atoms with van der Waals surface area (Å²) in [6, 6.07) is 8.60. The largest absolute Gasteiger partial charge is 0.384 e. The average Bonchev–Trinajstić information content (AvgIpc) is 2.40. The Balaban J connectivity index is 1.67. The maximum absolute atomic E-state index is 3.51. The summed E-state index contributed by atoms with van der Waals surface area (Å²) in [6.45, 7) is 6.88. The van der Waals surface area contributed by atoms with E-state index in [1.165, 1.54) is 37.2 Å². The summed E-state index contributed by atoms with van der Waals surface area (Å²) in [5.74, 6) is 0. The minimum atomic E-state index is 0.894. The van der Waals surface area contributed by atoms with Gasteiger partial charge in [-0.1, -0.05) is 12.1 Å². The van der Waals surface area contributed by atoms with E-state index in [0.717, 1.165) is 18.3 Å². The van der Waals surface area contributed by atoms with E-state index in [9.17, 15) is 0 Å². The fraction of sp³-hybridized carbons (Fsp3) is 0.600. The molecular formula is C15H24N2S. The lowest BCUT2D eigenvalue weighted by atomic mass is 10.1. The number of hydrogen-bond acceptors (Lipinski definition) is 3. The van der Waals surface area contributed by atoms with Crippen molar-refractivity contribution in [2.24, 2.45) is 0 Å². The van der Waals surface area contributed by atoms with Crippen molar-refractivity contribution in [2.75, 3.05) is 37.8 Å². The zero-order valence-electron chi connectivity index (χ0n) is 11.5. The van der Waals surface area contributed by atoms with Crippen LogP contribution in [0.15, 0.2) is 24.3 Å². The predicted molar refractivity (Wildman–Crippen MR) is 82.6 cm³/mol.